The number of benzene rings is 1. The van der Waals surface area contributed by atoms with Crippen LogP contribution < -0.4 is 0 Å². The minimum Gasteiger partial charge on any atom is -0.283 e. The first-order chi connectivity index (χ1) is 7.18. The summed E-state index contributed by atoms with van der Waals surface area (Å²) in [5.74, 6) is 0. The summed E-state index contributed by atoms with van der Waals surface area (Å²) in [4.78, 5) is 0.728. The molecular formula is C10H11N3OS. The molecule has 0 aliphatic rings. The average molecular weight is 221 g/mol. The maximum atomic E-state index is 12.2. The summed E-state index contributed by atoms with van der Waals surface area (Å²) in [6, 6.07) is 9.21. The van der Waals surface area contributed by atoms with E-state index in [0.717, 1.165) is 4.90 Å². The Labute approximate surface area is 88.5 Å². The van der Waals surface area contributed by atoms with Crippen LogP contribution in [0.25, 0.3) is 0 Å². The number of hydrogen-bond donors (Lipinski definition) is 1. The zero-order valence-electron chi connectivity index (χ0n) is 8.25. The fraction of sp³-hybridized carbons (Fsp3) is 0.100. The van der Waals surface area contributed by atoms with Gasteiger partial charge in [-0.1, -0.05) is 18.2 Å². The lowest BCUT2D eigenvalue weighted by Crippen LogP contribution is -1.95. The van der Waals surface area contributed by atoms with Crippen molar-refractivity contribution in [2.45, 2.75) is 4.90 Å². The molecule has 1 N–H and O–H groups in total. The molecule has 0 radical (unpaired) electrons. The van der Waals surface area contributed by atoms with Gasteiger partial charge in [0.25, 0.3) is 0 Å². The van der Waals surface area contributed by atoms with E-state index in [2.05, 4.69) is 14.6 Å². The van der Waals surface area contributed by atoms with Gasteiger partial charge in [-0.2, -0.15) is 9.46 Å². The Kier molecular flexibility index (Phi) is 2.55. The van der Waals surface area contributed by atoms with Crippen molar-refractivity contribution in [3.05, 3.63) is 42.7 Å². The third-order valence-electron chi connectivity index (χ3n) is 1.94. The number of nitrogens with zero attached hydrogens (tertiary/aromatic N) is 2. The highest BCUT2D eigenvalue weighted by Crippen LogP contribution is 2.17. The molecule has 0 saturated heterocycles. The van der Waals surface area contributed by atoms with Crippen LogP contribution in [0.5, 0.6) is 0 Å². The summed E-state index contributed by atoms with van der Waals surface area (Å²) < 4.78 is 16.4. The Balaban J connectivity index is 2.49. The second-order valence-corrected chi connectivity index (χ2v) is 5.42. The topological polar surface area (TPSA) is 58.1 Å². The van der Waals surface area contributed by atoms with E-state index in [4.69, 9.17) is 0 Å². The molecule has 0 bridgehead atoms. The van der Waals surface area contributed by atoms with E-state index in [1.807, 2.05) is 30.3 Å². The fourth-order valence-corrected chi connectivity index (χ4v) is 2.49. The summed E-state index contributed by atoms with van der Waals surface area (Å²) >= 11 is 0. The summed E-state index contributed by atoms with van der Waals surface area (Å²) in [6.45, 7) is 0. The summed E-state index contributed by atoms with van der Waals surface area (Å²) in [7, 11) is -2.37. The predicted octanol–water partition coefficient (Wildman–Crippen LogP) is 2.20. The lowest BCUT2D eigenvalue weighted by molar-refractivity contribution is 0.681. The van der Waals surface area contributed by atoms with Gasteiger partial charge in [-0.05, 0) is 12.1 Å². The van der Waals surface area contributed by atoms with E-state index in [1.54, 1.807) is 18.6 Å². The summed E-state index contributed by atoms with van der Waals surface area (Å²) in [5.41, 5.74) is 0.603. The molecule has 15 heavy (non-hydrogen) atoms. The fourth-order valence-electron chi connectivity index (χ4n) is 1.22. The van der Waals surface area contributed by atoms with Crippen molar-refractivity contribution in [3.63, 3.8) is 0 Å². The van der Waals surface area contributed by atoms with Crippen molar-refractivity contribution in [1.82, 2.24) is 10.2 Å². The molecule has 4 nitrogen and oxygen atoms in total. The Bertz CT molecular complexity index is 539. The maximum absolute atomic E-state index is 12.2. The van der Waals surface area contributed by atoms with Gasteiger partial charge in [0.15, 0.2) is 0 Å². The first kappa shape index (κ1) is 9.92. The summed E-state index contributed by atoms with van der Waals surface area (Å²) in [5, 5.41) is 6.39. The molecule has 0 aliphatic carbocycles. The molecule has 1 aromatic heterocycles. The van der Waals surface area contributed by atoms with Crippen LogP contribution in [0.4, 0.5) is 5.69 Å². The molecule has 2 aromatic rings. The van der Waals surface area contributed by atoms with Crippen LogP contribution in [0.15, 0.2) is 52.0 Å². The maximum Gasteiger partial charge on any atom is 0.111 e. The van der Waals surface area contributed by atoms with Gasteiger partial charge in [0.05, 0.1) is 15.9 Å². The monoisotopic (exact) mass is 221 g/mol. The van der Waals surface area contributed by atoms with E-state index in [0.29, 0.717) is 5.69 Å². The lowest BCUT2D eigenvalue weighted by Gasteiger charge is -2.02. The van der Waals surface area contributed by atoms with Crippen LogP contribution in [0.3, 0.4) is 0 Å². The highest BCUT2D eigenvalue weighted by atomic mass is 32.2. The highest BCUT2D eigenvalue weighted by molar-refractivity contribution is 7.93. The second kappa shape index (κ2) is 3.86. The van der Waals surface area contributed by atoms with E-state index in [1.165, 1.54) is 0 Å². The molecule has 0 saturated carbocycles. The molecule has 1 atom stereocenters. The largest absolute Gasteiger partial charge is 0.283 e. The molecule has 0 amide bonds. The molecule has 1 heterocycles. The third kappa shape index (κ3) is 2.24. The smallest absolute Gasteiger partial charge is 0.111 e. The molecule has 0 aliphatic heterocycles. The first-order valence-corrected chi connectivity index (χ1v) is 6.37. The summed E-state index contributed by atoms with van der Waals surface area (Å²) in [6.07, 6.45) is 4.79. The van der Waals surface area contributed by atoms with Crippen LogP contribution in [0.1, 0.15) is 0 Å². The molecule has 0 spiro atoms. The molecule has 0 unspecified atom stereocenters. The lowest BCUT2D eigenvalue weighted by atomic mass is 10.4. The quantitative estimate of drug-likeness (QED) is 0.845. The molecular weight excluding hydrogens is 210 g/mol. The van der Waals surface area contributed by atoms with Gasteiger partial charge in [-0.3, -0.25) is 5.10 Å². The standard InChI is InChI=1S/C10H11N3OS/c1-15(14,10-5-3-2-4-6-10)13-9-7-11-12-8-9/h2-8H,1H3,(H,11,12)/t15-/m0/s1. The van der Waals surface area contributed by atoms with E-state index >= 15 is 0 Å². The average Bonchev–Trinajstić information content (AvgIpc) is 2.71. The Morgan fingerprint density at radius 2 is 2.07 bits per heavy atom. The van der Waals surface area contributed by atoms with Crippen molar-refractivity contribution in [3.8, 4) is 0 Å². The van der Waals surface area contributed by atoms with Crippen LogP contribution in [0.2, 0.25) is 0 Å². The molecule has 78 valence electrons. The van der Waals surface area contributed by atoms with Crippen LogP contribution in [-0.2, 0) is 9.73 Å². The van der Waals surface area contributed by atoms with Crippen LogP contribution in [0, 0.1) is 0 Å². The molecule has 0 fully saturated rings. The van der Waals surface area contributed by atoms with Crippen molar-refractivity contribution in [2.24, 2.45) is 4.36 Å². The number of rotatable bonds is 2. The van der Waals surface area contributed by atoms with Gasteiger partial charge >= 0.3 is 0 Å². The van der Waals surface area contributed by atoms with Gasteiger partial charge in [0.1, 0.15) is 5.69 Å². The predicted molar refractivity (Wildman–Crippen MR) is 59.5 cm³/mol. The molecule has 1 aromatic carbocycles. The number of H-pyrrole nitrogens is 1. The minimum atomic E-state index is -2.37. The second-order valence-electron chi connectivity index (χ2n) is 3.16. The van der Waals surface area contributed by atoms with Crippen LogP contribution in [-0.4, -0.2) is 20.7 Å². The van der Waals surface area contributed by atoms with E-state index in [-0.39, 0.29) is 0 Å². The number of aromatic nitrogens is 2. The normalized spacial score (nSPS) is 14.5. The van der Waals surface area contributed by atoms with Gasteiger partial charge in [0, 0.05) is 17.3 Å². The molecule has 5 heteroatoms. The van der Waals surface area contributed by atoms with Crippen LogP contribution >= 0.6 is 0 Å². The molecule has 2 rings (SSSR count). The third-order valence-corrected chi connectivity index (χ3v) is 3.65. The zero-order chi connectivity index (χ0) is 10.7. The first-order valence-electron chi connectivity index (χ1n) is 4.44. The van der Waals surface area contributed by atoms with Gasteiger partial charge in [0.2, 0.25) is 0 Å². The van der Waals surface area contributed by atoms with Crippen molar-refractivity contribution in [1.29, 1.82) is 0 Å². The highest BCUT2D eigenvalue weighted by Gasteiger charge is 2.05. The van der Waals surface area contributed by atoms with E-state index < -0.39 is 9.73 Å². The zero-order valence-corrected chi connectivity index (χ0v) is 9.07. The Morgan fingerprint density at radius 3 is 2.67 bits per heavy atom. The number of hydrogen-bond acceptors (Lipinski definition) is 3. The van der Waals surface area contributed by atoms with E-state index in [9.17, 15) is 4.21 Å². The number of aromatic amines is 1. The Morgan fingerprint density at radius 1 is 1.33 bits per heavy atom. The number of nitrogens with one attached hydrogen (secondary N) is 1. The van der Waals surface area contributed by atoms with Crippen molar-refractivity contribution < 1.29 is 4.21 Å². The Hall–Kier alpha value is -1.62. The SMILES string of the molecule is C[S@@](=O)(=Nc1cn[nH]c1)c1ccccc1. The van der Waals surface area contributed by atoms with Gasteiger partial charge in [-0.15, -0.1) is 0 Å². The van der Waals surface area contributed by atoms with Gasteiger partial charge < -0.3 is 0 Å². The van der Waals surface area contributed by atoms with Crippen molar-refractivity contribution >= 4 is 15.4 Å². The van der Waals surface area contributed by atoms with Crippen molar-refractivity contribution in [2.75, 3.05) is 6.26 Å². The minimum absolute atomic E-state index is 0.603. The van der Waals surface area contributed by atoms with Gasteiger partial charge in [-0.25, -0.2) is 4.21 Å².